The van der Waals surface area contributed by atoms with Gasteiger partial charge in [-0.2, -0.15) is 0 Å². The van der Waals surface area contributed by atoms with Gasteiger partial charge in [-0.1, -0.05) is 6.07 Å². The van der Waals surface area contributed by atoms with E-state index >= 15 is 0 Å². The van der Waals surface area contributed by atoms with Crippen molar-refractivity contribution >= 4 is 16.7 Å². The van der Waals surface area contributed by atoms with Crippen molar-refractivity contribution in [2.45, 2.75) is 19.4 Å². The van der Waals surface area contributed by atoms with Gasteiger partial charge < -0.3 is 10.4 Å². The van der Waals surface area contributed by atoms with Crippen molar-refractivity contribution < 1.29 is 9.90 Å². The Hall–Kier alpha value is -1.94. The fraction of sp³-hybridized carbons (Fsp3) is 0.286. The summed E-state index contributed by atoms with van der Waals surface area (Å²) in [5.74, 6) is -0.187. The molecule has 4 nitrogen and oxygen atoms in total. The predicted octanol–water partition coefficient (Wildman–Crippen LogP) is 1.74. The number of benzene rings is 1. The van der Waals surface area contributed by atoms with Gasteiger partial charge >= 0.3 is 0 Å². The lowest BCUT2D eigenvalue weighted by Gasteiger charge is -2.23. The molecule has 4 heteroatoms. The summed E-state index contributed by atoms with van der Waals surface area (Å²) in [6.07, 6.45) is 3.45. The molecule has 0 saturated heterocycles. The number of nitrogens with zero attached hydrogens (tertiary/aromatic N) is 1. The largest absolute Gasteiger partial charge is 0.394 e. The highest BCUT2D eigenvalue weighted by molar-refractivity contribution is 5.98. The minimum Gasteiger partial charge on any atom is -0.394 e. The normalized spacial score (nSPS) is 11.5. The molecule has 0 fully saturated rings. The molecule has 1 heterocycles. The highest BCUT2D eigenvalue weighted by Crippen LogP contribution is 2.15. The third kappa shape index (κ3) is 2.65. The van der Waals surface area contributed by atoms with E-state index in [-0.39, 0.29) is 12.5 Å². The molecule has 0 unspecified atom stereocenters. The third-order valence-corrected chi connectivity index (χ3v) is 2.75. The van der Waals surface area contributed by atoms with Crippen LogP contribution in [0, 0.1) is 0 Å². The monoisotopic (exact) mass is 244 g/mol. The Morgan fingerprint density at radius 3 is 2.83 bits per heavy atom. The number of pyridine rings is 1. The Morgan fingerprint density at radius 1 is 1.33 bits per heavy atom. The number of aliphatic hydroxyl groups is 1. The molecule has 0 aliphatic rings. The van der Waals surface area contributed by atoms with Crippen LogP contribution >= 0.6 is 0 Å². The van der Waals surface area contributed by atoms with Gasteiger partial charge in [0.25, 0.3) is 5.91 Å². The number of carbonyl (C=O) groups excluding carboxylic acids is 1. The van der Waals surface area contributed by atoms with Crippen LogP contribution in [0.1, 0.15) is 24.2 Å². The van der Waals surface area contributed by atoms with Crippen LogP contribution in [0.5, 0.6) is 0 Å². The van der Waals surface area contributed by atoms with E-state index in [2.05, 4.69) is 10.3 Å². The first-order valence-electron chi connectivity index (χ1n) is 5.79. The van der Waals surface area contributed by atoms with E-state index in [0.717, 1.165) is 10.8 Å². The summed E-state index contributed by atoms with van der Waals surface area (Å²) in [5, 5.41) is 13.9. The second-order valence-corrected chi connectivity index (χ2v) is 4.93. The van der Waals surface area contributed by atoms with Crippen LogP contribution in [-0.2, 0) is 0 Å². The number of hydrogen-bond donors (Lipinski definition) is 2. The van der Waals surface area contributed by atoms with Crippen molar-refractivity contribution in [1.29, 1.82) is 0 Å². The molecule has 2 rings (SSSR count). The molecule has 18 heavy (non-hydrogen) atoms. The first-order chi connectivity index (χ1) is 8.52. The number of aliphatic hydroxyl groups excluding tert-OH is 1. The lowest BCUT2D eigenvalue weighted by Crippen LogP contribution is -2.46. The van der Waals surface area contributed by atoms with Crippen molar-refractivity contribution in [2.24, 2.45) is 0 Å². The molecule has 2 aromatic rings. The fourth-order valence-corrected chi connectivity index (χ4v) is 1.64. The summed E-state index contributed by atoms with van der Waals surface area (Å²) in [5.41, 5.74) is -0.0418. The van der Waals surface area contributed by atoms with E-state index < -0.39 is 5.54 Å². The van der Waals surface area contributed by atoms with Gasteiger partial charge in [-0.15, -0.1) is 0 Å². The summed E-state index contributed by atoms with van der Waals surface area (Å²) in [4.78, 5) is 16.1. The molecule has 0 atom stereocenters. The van der Waals surface area contributed by atoms with Crippen LogP contribution in [-0.4, -0.2) is 28.1 Å². The van der Waals surface area contributed by atoms with Gasteiger partial charge in [0, 0.05) is 23.3 Å². The summed E-state index contributed by atoms with van der Waals surface area (Å²) in [6.45, 7) is 3.45. The van der Waals surface area contributed by atoms with Gasteiger partial charge in [0.15, 0.2) is 0 Å². The Bertz CT molecular complexity index is 579. The van der Waals surface area contributed by atoms with Crippen molar-refractivity contribution in [3.8, 4) is 0 Å². The van der Waals surface area contributed by atoms with E-state index in [0.29, 0.717) is 5.56 Å². The van der Waals surface area contributed by atoms with Gasteiger partial charge in [-0.25, -0.2) is 0 Å². The SMILES string of the molecule is CC(C)(CO)NC(=O)c1ccc2cnccc2c1. The van der Waals surface area contributed by atoms with Crippen LogP contribution in [0.2, 0.25) is 0 Å². The highest BCUT2D eigenvalue weighted by Gasteiger charge is 2.19. The van der Waals surface area contributed by atoms with E-state index in [4.69, 9.17) is 5.11 Å². The standard InChI is InChI=1S/C14H16N2O2/c1-14(2,9-17)16-13(18)11-3-4-12-8-15-6-5-10(12)7-11/h3-8,17H,9H2,1-2H3,(H,16,18). The van der Waals surface area contributed by atoms with Crippen LogP contribution in [0.25, 0.3) is 10.8 Å². The van der Waals surface area contributed by atoms with Crippen LogP contribution in [0.15, 0.2) is 36.7 Å². The molecule has 0 aliphatic heterocycles. The second kappa shape index (κ2) is 4.74. The molecule has 0 spiro atoms. The van der Waals surface area contributed by atoms with Crippen LogP contribution in [0.4, 0.5) is 0 Å². The van der Waals surface area contributed by atoms with Gasteiger partial charge in [0.1, 0.15) is 0 Å². The first kappa shape index (κ1) is 12.5. The highest BCUT2D eigenvalue weighted by atomic mass is 16.3. The zero-order valence-corrected chi connectivity index (χ0v) is 10.5. The second-order valence-electron chi connectivity index (χ2n) is 4.93. The lowest BCUT2D eigenvalue weighted by molar-refractivity contribution is 0.0869. The average Bonchev–Trinajstić information content (AvgIpc) is 2.37. The molecule has 1 aromatic heterocycles. The minimum absolute atomic E-state index is 0.101. The quantitative estimate of drug-likeness (QED) is 0.864. The third-order valence-electron chi connectivity index (χ3n) is 2.75. The molecule has 1 amide bonds. The van der Waals surface area contributed by atoms with Gasteiger partial charge in [-0.05, 0) is 37.4 Å². The molecule has 2 N–H and O–H groups in total. The summed E-state index contributed by atoms with van der Waals surface area (Å²) < 4.78 is 0. The molecule has 0 saturated carbocycles. The summed E-state index contributed by atoms with van der Waals surface area (Å²) in [7, 11) is 0. The molecule has 0 radical (unpaired) electrons. The lowest BCUT2D eigenvalue weighted by atomic mass is 10.0. The molecule has 0 bridgehead atoms. The zero-order valence-electron chi connectivity index (χ0n) is 10.5. The average molecular weight is 244 g/mol. The van der Waals surface area contributed by atoms with Gasteiger partial charge in [0.2, 0.25) is 0 Å². The molecule has 0 aliphatic carbocycles. The Balaban J connectivity index is 2.28. The maximum absolute atomic E-state index is 12.0. The molecular weight excluding hydrogens is 228 g/mol. The Labute approximate surface area is 106 Å². The van der Waals surface area contributed by atoms with Crippen molar-refractivity contribution in [3.63, 3.8) is 0 Å². The first-order valence-corrected chi connectivity index (χ1v) is 5.79. The number of carbonyl (C=O) groups is 1. The summed E-state index contributed by atoms with van der Waals surface area (Å²) in [6, 6.07) is 7.30. The van der Waals surface area contributed by atoms with Crippen molar-refractivity contribution in [2.75, 3.05) is 6.61 Å². The van der Waals surface area contributed by atoms with E-state index in [1.54, 1.807) is 32.3 Å². The van der Waals surface area contributed by atoms with Crippen molar-refractivity contribution in [3.05, 3.63) is 42.2 Å². The number of rotatable bonds is 3. The Kier molecular flexibility index (Phi) is 3.30. The molecule has 1 aromatic carbocycles. The number of hydrogen-bond acceptors (Lipinski definition) is 3. The van der Waals surface area contributed by atoms with Crippen molar-refractivity contribution in [1.82, 2.24) is 10.3 Å². The van der Waals surface area contributed by atoms with E-state index in [1.807, 2.05) is 18.2 Å². The Morgan fingerprint density at radius 2 is 2.11 bits per heavy atom. The number of aromatic nitrogens is 1. The van der Waals surface area contributed by atoms with Gasteiger partial charge in [-0.3, -0.25) is 9.78 Å². The number of amides is 1. The minimum atomic E-state index is -0.621. The molecule has 94 valence electrons. The topological polar surface area (TPSA) is 62.2 Å². The number of nitrogens with one attached hydrogen (secondary N) is 1. The summed E-state index contributed by atoms with van der Waals surface area (Å²) >= 11 is 0. The molecular formula is C14H16N2O2. The van der Waals surface area contributed by atoms with Crippen LogP contribution in [0.3, 0.4) is 0 Å². The van der Waals surface area contributed by atoms with E-state index in [1.165, 1.54) is 0 Å². The van der Waals surface area contributed by atoms with Gasteiger partial charge in [0.05, 0.1) is 12.1 Å². The number of fused-ring (bicyclic) bond motifs is 1. The fourth-order valence-electron chi connectivity index (χ4n) is 1.64. The smallest absolute Gasteiger partial charge is 0.251 e. The van der Waals surface area contributed by atoms with E-state index in [9.17, 15) is 4.79 Å². The zero-order chi connectivity index (χ0) is 13.2. The van der Waals surface area contributed by atoms with Crippen LogP contribution < -0.4 is 5.32 Å². The maximum Gasteiger partial charge on any atom is 0.251 e. The maximum atomic E-state index is 12.0. The predicted molar refractivity (Wildman–Crippen MR) is 70.4 cm³/mol.